The van der Waals surface area contributed by atoms with Crippen LogP contribution in [0.2, 0.25) is 0 Å². The Morgan fingerprint density at radius 3 is 2.29 bits per heavy atom. The summed E-state index contributed by atoms with van der Waals surface area (Å²) in [5.41, 5.74) is 1.91. The smallest absolute Gasteiger partial charge is 0.356 e. The number of benzene rings is 1. The molecule has 0 bridgehead atoms. The molecule has 0 saturated carbocycles. The van der Waals surface area contributed by atoms with Gasteiger partial charge in [-0.25, -0.2) is 14.2 Å². The second kappa shape index (κ2) is 4.74. The van der Waals surface area contributed by atoms with Crippen LogP contribution in [0.1, 0.15) is 10.5 Å². The maximum Gasteiger partial charge on any atom is 0.356 e. The third kappa shape index (κ3) is 2.47. The lowest BCUT2D eigenvalue weighted by molar-refractivity contribution is 0.0594. The van der Waals surface area contributed by atoms with E-state index < -0.39 is 5.97 Å². The van der Waals surface area contributed by atoms with Gasteiger partial charge in [0.15, 0.2) is 0 Å². The number of carbonyl (C=O) groups excluding carboxylic acids is 1. The molecule has 0 N–H and O–H groups in total. The van der Waals surface area contributed by atoms with Crippen LogP contribution in [0.5, 0.6) is 0 Å². The lowest BCUT2D eigenvalue weighted by atomic mass is 10.1. The van der Waals surface area contributed by atoms with E-state index in [0.29, 0.717) is 0 Å². The minimum Gasteiger partial charge on any atom is -0.464 e. The summed E-state index contributed by atoms with van der Waals surface area (Å²) in [6.07, 6.45) is 1.56. The van der Waals surface area contributed by atoms with E-state index in [-0.39, 0.29) is 11.5 Å². The van der Waals surface area contributed by atoms with Gasteiger partial charge in [0, 0.05) is 11.8 Å². The number of halogens is 1. The van der Waals surface area contributed by atoms with E-state index >= 15 is 0 Å². The second-order valence-corrected chi connectivity index (χ2v) is 3.43. The molecule has 1 heterocycles. The van der Waals surface area contributed by atoms with Crippen LogP contribution in [0, 0.1) is 5.82 Å². The van der Waals surface area contributed by atoms with Crippen LogP contribution >= 0.6 is 0 Å². The number of pyridine rings is 1. The Morgan fingerprint density at radius 2 is 1.76 bits per heavy atom. The Morgan fingerprint density at radius 1 is 1.12 bits per heavy atom. The molecule has 17 heavy (non-hydrogen) atoms. The largest absolute Gasteiger partial charge is 0.464 e. The number of ether oxygens (including phenoxy) is 1. The minimum atomic E-state index is -0.476. The molecule has 2 aromatic rings. The van der Waals surface area contributed by atoms with Gasteiger partial charge in [0.05, 0.1) is 7.11 Å². The normalized spacial score (nSPS) is 10.0. The molecule has 4 heteroatoms. The standard InChI is InChI=1S/C13H10FNO2/c1-17-13(16)12-7-4-10(8-15-12)9-2-5-11(14)6-3-9/h2-8H,1H3. The maximum atomic E-state index is 12.7. The van der Waals surface area contributed by atoms with Crippen molar-refractivity contribution in [3.63, 3.8) is 0 Å². The van der Waals surface area contributed by atoms with Crippen LogP contribution in [-0.4, -0.2) is 18.1 Å². The van der Waals surface area contributed by atoms with Gasteiger partial charge in [-0.3, -0.25) is 0 Å². The fourth-order valence-corrected chi connectivity index (χ4v) is 1.43. The van der Waals surface area contributed by atoms with Gasteiger partial charge in [-0.1, -0.05) is 18.2 Å². The summed E-state index contributed by atoms with van der Waals surface area (Å²) in [6.45, 7) is 0. The molecular formula is C13H10FNO2. The monoisotopic (exact) mass is 231 g/mol. The van der Waals surface area contributed by atoms with Crippen molar-refractivity contribution in [3.8, 4) is 11.1 Å². The van der Waals surface area contributed by atoms with Crippen molar-refractivity contribution < 1.29 is 13.9 Å². The Hall–Kier alpha value is -2.23. The van der Waals surface area contributed by atoms with Crippen LogP contribution < -0.4 is 0 Å². The Balaban J connectivity index is 2.29. The van der Waals surface area contributed by atoms with Crippen molar-refractivity contribution in [3.05, 3.63) is 54.1 Å². The summed E-state index contributed by atoms with van der Waals surface area (Å²) in [5.74, 6) is -0.761. The molecule has 86 valence electrons. The van der Waals surface area contributed by atoms with Crippen molar-refractivity contribution in [2.45, 2.75) is 0 Å². The number of carbonyl (C=O) groups is 1. The van der Waals surface area contributed by atoms with Gasteiger partial charge in [-0.15, -0.1) is 0 Å². The highest BCUT2D eigenvalue weighted by atomic mass is 19.1. The highest BCUT2D eigenvalue weighted by Crippen LogP contribution is 2.18. The molecule has 0 saturated heterocycles. The fourth-order valence-electron chi connectivity index (χ4n) is 1.43. The SMILES string of the molecule is COC(=O)c1ccc(-c2ccc(F)cc2)cn1. The topological polar surface area (TPSA) is 39.2 Å². The Kier molecular flexibility index (Phi) is 3.14. The van der Waals surface area contributed by atoms with Gasteiger partial charge < -0.3 is 4.74 Å². The molecule has 1 aromatic carbocycles. The molecule has 2 rings (SSSR count). The van der Waals surface area contributed by atoms with Gasteiger partial charge in [0.25, 0.3) is 0 Å². The van der Waals surface area contributed by atoms with E-state index in [1.807, 2.05) is 0 Å². The molecule has 0 atom stereocenters. The number of methoxy groups -OCH3 is 1. The Bertz CT molecular complexity index is 520. The first-order valence-electron chi connectivity index (χ1n) is 5.01. The highest BCUT2D eigenvalue weighted by molar-refractivity contribution is 5.87. The van der Waals surface area contributed by atoms with Crippen LogP contribution in [0.15, 0.2) is 42.6 Å². The van der Waals surface area contributed by atoms with E-state index in [4.69, 9.17) is 0 Å². The second-order valence-electron chi connectivity index (χ2n) is 3.43. The molecule has 0 fully saturated rings. The van der Waals surface area contributed by atoms with E-state index in [1.54, 1.807) is 30.5 Å². The summed E-state index contributed by atoms with van der Waals surface area (Å²) in [4.78, 5) is 15.2. The van der Waals surface area contributed by atoms with E-state index in [2.05, 4.69) is 9.72 Å². The Labute approximate surface area is 97.9 Å². The maximum absolute atomic E-state index is 12.7. The molecule has 0 aliphatic heterocycles. The number of rotatable bonds is 2. The number of nitrogens with zero attached hydrogens (tertiary/aromatic N) is 1. The van der Waals surface area contributed by atoms with Gasteiger partial charge in [-0.2, -0.15) is 0 Å². The van der Waals surface area contributed by atoms with Crippen LogP contribution in [0.4, 0.5) is 4.39 Å². The molecule has 3 nitrogen and oxygen atoms in total. The van der Waals surface area contributed by atoms with Crippen molar-refractivity contribution in [1.29, 1.82) is 0 Å². The molecule has 1 aromatic heterocycles. The molecule has 0 amide bonds. The first kappa shape index (κ1) is 11.3. The minimum absolute atomic E-state index is 0.248. The highest BCUT2D eigenvalue weighted by Gasteiger charge is 2.06. The average molecular weight is 231 g/mol. The summed E-state index contributed by atoms with van der Waals surface area (Å²) in [7, 11) is 1.30. The van der Waals surface area contributed by atoms with Crippen molar-refractivity contribution >= 4 is 5.97 Å². The zero-order valence-corrected chi connectivity index (χ0v) is 9.18. The summed E-state index contributed by atoms with van der Waals surface area (Å²) >= 11 is 0. The first-order valence-corrected chi connectivity index (χ1v) is 5.01. The first-order chi connectivity index (χ1) is 8.20. The summed E-state index contributed by atoms with van der Waals surface area (Å²) in [5, 5.41) is 0. The number of esters is 1. The van der Waals surface area contributed by atoms with E-state index in [1.165, 1.54) is 19.2 Å². The van der Waals surface area contributed by atoms with Crippen LogP contribution in [-0.2, 0) is 4.74 Å². The van der Waals surface area contributed by atoms with Crippen molar-refractivity contribution in [1.82, 2.24) is 4.98 Å². The summed E-state index contributed by atoms with van der Waals surface area (Å²) < 4.78 is 17.3. The number of hydrogen-bond donors (Lipinski definition) is 0. The van der Waals surface area contributed by atoms with Gasteiger partial charge in [0.1, 0.15) is 11.5 Å². The summed E-state index contributed by atoms with van der Waals surface area (Å²) in [6, 6.07) is 9.39. The van der Waals surface area contributed by atoms with Crippen LogP contribution in [0.3, 0.4) is 0 Å². The number of aromatic nitrogens is 1. The lowest BCUT2D eigenvalue weighted by Gasteiger charge is -2.02. The third-order valence-electron chi connectivity index (χ3n) is 2.34. The molecule has 0 aliphatic carbocycles. The molecule has 0 unspecified atom stereocenters. The average Bonchev–Trinajstić information content (AvgIpc) is 2.39. The lowest BCUT2D eigenvalue weighted by Crippen LogP contribution is -2.03. The predicted molar refractivity (Wildman–Crippen MR) is 61.0 cm³/mol. The van der Waals surface area contributed by atoms with E-state index in [0.717, 1.165) is 11.1 Å². The van der Waals surface area contributed by atoms with E-state index in [9.17, 15) is 9.18 Å². The quantitative estimate of drug-likeness (QED) is 0.746. The predicted octanol–water partition coefficient (Wildman–Crippen LogP) is 2.67. The molecule has 0 spiro atoms. The van der Waals surface area contributed by atoms with Crippen LogP contribution in [0.25, 0.3) is 11.1 Å². The zero-order chi connectivity index (χ0) is 12.3. The molecule has 0 aliphatic rings. The van der Waals surface area contributed by atoms with Gasteiger partial charge in [0.2, 0.25) is 0 Å². The molecular weight excluding hydrogens is 221 g/mol. The van der Waals surface area contributed by atoms with Gasteiger partial charge >= 0.3 is 5.97 Å². The van der Waals surface area contributed by atoms with Crippen molar-refractivity contribution in [2.24, 2.45) is 0 Å². The van der Waals surface area contributed by atoms with Crippen molar-refractivity contribution in [2.75, 3.05) is 7.11 Å². The van der Waals surface area contributed by atoms with Gasteiger partial charge in [-0.05, 0) is 23.8 Å². The fraction of sp³-hybridized carbons (Fsp3) is 0.0769. The third-order valence-corrected chi connectivity index (χ3v) is 2.34. The molecule has 0 radical (unpaired) electrons. The number of hydrogen-bond acceptors (Lipinski definition) is 3. The zero-order valence-electron chi connectivity index (χ0n) is 9.18.